The minimum Gasteiger partial charge on any atom is -0.478 e. The number of carboxylic acids is 1. The minimum atomic E-state index is -4.76. The maximum Gasteiger partial charge on any atom is 0.434 e. The van der Waals surface area contributed by atoms with Crippen LogP contribution in [0.25, 0.3) is 5.69 Å². The van der Waals surface area contributed by atoms with E-state index in [9.17, 15) is 22.8 Å². The quantitative estimate of drug-likeness (QED) is 0.880. The Morgan fingerprint density at radius 3 is 2.27 bits per heavy atom. The van der Waals surface area contributed by atoms with Crippen LogP contribution in [-0.4, -0.2) is 26.6 Å². The van der Waals surface area contributed by atoms with Gasteiger partial charge in [-0.15, -0.1) is 0 Å². The number of rotatable bonds is 4. The predicted octanol–water partition coefficient (Wildman–Crippen LogP) is 3.18. The summed E-state index contributed by atoms with van der Waals surface area (Å²) in [5, 5.41) is 12.4. The van der Waals surface area contributed by atoms with Crippen molar-refractivity contribution in [1.29, 1.82) is 0 Å². The molecule has 0 radical (unpaired) electrons. The molecule has 0 aliphatic rings. The average molecular weight is 312 g/mol. The number of alkyl halides is 3. The first kappa shape index (κ1) is 15.7. The number of halogens is 3. The fourth-order valence-corrected chi connectivity index (χ4v) is 1.96. The zero-order chi connectivity index (χ0) is 16.5. The van der Waals surface area contributed by atoms with Gasteiger partial charge in [-0.25, -0.2) is 9.48 Å². The van der Waals surface area contributed by atoms with Crippen molar-refractivity contribution < 1.29 is 27.9 Å². The first-order valence-corrected chi connectivity index (χ1v) is 6.27. The van der Waals surface area contributed by atoms with Crippen LogP contribution < -0.4 is 0 Å². The first-order chi connectivity index (χ1) is 10.3. The third-order valence-electron chi connectivity index (χ3n) is 3.02. The van der Waals surface area contributed by atoms with Gasteiger partial charge in [-0.05, 0) is 24.3 Å². The number of carbonyl (C=O) groups is 2. The number of aromatic carboxylic acids is 1. The summed E-state index contributed by atoms with van der Waals surface area (Å²) in [6, 6.07) is 4.74. The average Bonchev–Trinajstić information content (AvgIpc) is 2.91. The summed E-state index contributed by atoms with van der Waals surface area (Å²) < 4.78 is 40.3. The standard InChI is InChI=1S/C14H11F3N2O3/c1-2-11(20)10-7-18-19(12(10)14(15,16)17)9-5-3-8(4-6-9)13(21)22/h3-7H,2H2,1H3,(H,21,22). The van der Waals surface area contributed by atoms with Crippen molar-refractivity contribution in [2.75, 3.05) is 0 Å². The molecule has 0 aliphatic heterocycles. The van der Waals surface area contributed by atoms with Gasteiger partial charge < -0.3 is 5.11 Å². The van der Waals surface area contributed by atoms with Crippen LogP contribution in [0.3, 0.4) is 0 Å². The molecule has 0 unspecified atom stereocenters. The number of benzene rings is 1. The number of hydrogen-bond acceptors (Lipinski definition) is 3. The molecule has 5 nitrogen and oxygen atoms in total. The Hall–Kier alpha value is -2.64. The lowest BCUT2D eigenvalue weighted by atomic mass is 10.1. The van der Waals surface area contributed by atoms with E-state index in [4.69, 9.17) is 5.11 Å². The Labute approximate surface area is 123 Å². The Morgan fingerprint density at radius 1 is 1.23 bits per heavy atom. The number of Topliss-reactive ketones (excluding diaryl/α,β-unsaturated/α-hetero) is 1. The number of ketones is 1. The van der Waals surface area contributed by atoms with Gasteiger partial charge in [0.1, 0.15) is 0 Å². The van der Waals surface area contributed by atoms with Crippen molar-refractivity contribution >= 4 is 11.8 Å². The lowest BCUT2D eigenvalue weighted by Gasteiger charge is -2.12. The van der Waals surface area contributed by atoms with Crippen molar-refractivity contribution in [2.45, 2.75) is 19.5 Å². The van der Waals surface area contributed by atoms with Gasteiger partial charge in [-0.3, -0.25) is 4.79 Å². The summed E-state index contributed by atoms with van der Waals surface area (Å²) in [6.45, 7) is 1.46. The first-order valence-electron chi connectivity index (χ1n) is 6.27. The topological polar surface area (TPSA) is 72.2 Å². The highest BCUT2D eigenvalue weighted by atomic mass is 19.4. The molecule has 1 heterocycles. The van der Waals surface area contributed by atoms with Crippen LogP contribution in [0.4, 0.5) is 13.2 Å². The minimum absolute atomic E-state index is 0.0208. The summed E-state index contributed by atoms with van der Waals surface area (Å²) in [6.07, 6.45) is -3.96. The monoisotopic (exact) mass is 312 g/mol. The van der Waals surface area contributed by atoms with Gasteiger partial charge in [0.25, 0.3) is 0 Å². The molecule has 1 aromatic carbocycles. The fourth-order valence-electron chi connectivity index (χ4n) is 1.96. The maximum absolute atomic E-state index is 13.2. The van der Waals surface area contributed by atoms with Crippen LogP contribution in [0.5, 0.6) is 0 Å². The molecule has 0 aliphatic carbocycles. The van der Waals surface area contributed by atoms with Gasteiger partial charge in [-0.2, -0.15) is 18.3 Å². The van der Waals surface area contributed by atoms with E-state index in [1.54, 1.807) is 0 Å². The molecule has 116 valence electrons. The van der Waals surface area contributed by atoms with E-state index in [-0.39, 0.29) is 17.7 Å². The van der Waals surface area contributed by atoms with Gasteiger partial charge in [0.05, 0.1) is 23.0 Å². The second-order valence-corrected chi connectivity index (χ2v) is 4.45. The molecule has 2 rings (SSSR count). The smallest absolute Gasteiger partial charge is 0.434 e. The summed E-state index contributed by atoms with van der Waals surface area (Å²) in [4.78, 5) is 22.4. The molecule has 1 aromatic heterocycles. The van der Waals surface area contributed by atoms with Gasteiger partial charge >= 0.3 is 12.1 Å². The van der Waals surface area contributed by atoms with E-state index >= 15 is 0 Å². The van der Waals surface area contributed by atoms with Gasteiger partial charge in [0.15, 0.2) is 11.5 Å². The van der Waals surface area contributed by atoms with Gasteiger partial charge in [-0.1, -0.05) is 6.92 Å². The molecule has 8 heteroatoms. The summed E-state index contributed by atoms with van der Waals surface area (Å²) in [5.74, 6) is -1.86. The third kappa shape index (κ3) is 2.85. The Bertz CT molecular complexity index is 718. The zero-order valence-corrected chi connectivity index (χ0v) is 11.4. The van der Waals surface area contributed by atoms with Crippen LogP contribution in [-0.2, 0) is 6.18 Å². The Morgan fingerprint density at radius 2 is 1.82 bits per heavy atom. The highest BCUT2D eigenvalue weighted by Crippen LogP contribution is 2.34. The second kappa shape index (κ2) is 5.63. The van der Waals surface area contributed by atoms with Crippen molar-refractivity contribution in [2.24, 2.45) is 0 Å². The van der Waals surface area contributed by atoms with Gasteiger partial charge in [0.2, 0.25) is 0 Å². The third-order valence-corrected chi connectivity index (χ3v) is 3.02. The zero-order valence-electron chi connectivity index (χ0n) is 11.4. The van der Waals surface area contributed by atoms with E-state index in [2.05, 4.69) is 5.10 Å². The molecule has 0 saturated carbocycles. The van der Waals surface area contributed by atoms with E-state index in [0.29, 0.717) is 4.68 Å². The molecule has 22 heavy (non-hydrogen) atoms. The molecule has 0 bridgehead atoms. The lowest BCUT2D eigenvalue weighted by Crippen LogP contribution is -2.17. The van der Waals surface area contributed by atoms with Crippen LogP contribution in [0, 0.1) is 0 Å². The van der Waals surface area contributed by atoms with E-state index in [1.807, 2.05) is 0 Å². The highest BCUT2D eigenvalue weighted by Gasteiger charge is 2.40. The SMILES string of the molecule is CCC(=O)c1cnn(-c2ccc(C(=O)O)cc2)c1C(F)(F)F. The van der Waals surface area contributed by atoms with Crippen molar-refractivity contribution in [3.8, 4) is 5.69 Å². The Balaban J connectivity index is 2.58. The summed E-state index contributed by atoms with van der Waals surface area (Å²) >= 11 is 0. The summed E-state index contributed by atoms with van der Waals surface area (Å²) in [5.41, 5.74) is -1.71. The second-order valence-electron chi connectivity index (χ2n) is 4.45. The molecular formula is C14H11F3N2O3. The predicted molar refractivity (Wildman–Crippen MR) is 70.1 cm³/mol. The number of carbonyl (C=O) groups excluding carboxylic acids is 1. The molecule has 1 N–H and O–H groups in total. The highest BCUT2D eigenvalue weighted by molar-refractivity contribution is 5.97. The molecule has 0 spiro atoms. The largest absolute Gasteiger partial charge is 0.478 e. The van der Waals surface area contributed by atoms with Gasteiger partial charge in [0, 0.05) is 6.42 Å². The van der Waals surface area contributed by atoms with Crippen LogP contribution in [0.2, 0.25) is 0 Å². The number of hydrogen-bond donors (Lipinski definition) is 1. The van der Waals surface area contributed by atoms with Crippen LogP contribution in [0.15, 0.2) is 30.5 Å². The summed E-state index contributed by atoms with van der Waals surface area (Å²) in [7, 11) is 0. The lowest BCUT2D eigenvalue weighted by molar-refractivity contribution is -0.143. The molecule has 0 saturated heterocycles. The van der Waals surface area contributed by atoms with E-state index in [1.165, 1.54) is 31.2 Å². The van der Waals surface area contributed by atoms with Crippen LogP contribution >= 0.6 is 0 Å². The molecule has 0 fully saturated rings. The van der Waals surface area contributed by atoms with E-state index < -0.39 is 29.2 Å². The Kier molecular flexibility index (Phi) is 4.03. The molecule has 2 aromatic rings. The van der Waals surface area contributed by atoms with Crippen LogP contribution in [0.1, 0.15) is 39.8 Å². The fraction of sp³-hybridized carbons (Fsp3) is 0.214. The molecule has 0 amide bonds. The number of nitrogens with zero attached hydrogens (tertiary/aromatic N) is 2. The normalized spacial score (nSPS) is 11.5. The number of carboxylic acid groups (broad SMARTS) is 1. The maximum atomic E-state index is 13.2. The van der Waals surface area contributed by atoms with Crippen molar-refractivity contribution in [3.63, 3.8) is 0 Å². The number of aromatic nitrogens is 2. The van der Waals surface area contributed by atoms with Crippen molar-refractivity contribution in [1.82, 2.24) is 9.78 Å². The molecular weight excluding hydrogens is 301 g/mol. The molecule has 0 atom stereocenters. The van der Waals surface area contributed by atoms with E-state index in [0.717, 1.165) is 6.20 Å². The van der Waals surface area contributed by atoms with Crippen molar-refractivity contribution in [3.05, 3.63) is 47.3 Å².